The lowest BCUT2D eigenvalue weighted by Gasteiger charge is -2.17. The number of Topliss-reactive ketones (excluding diaryl/α,β-unsaturated/α-hetero) is 1. The molecule has 0 bridgehead atoms. The van der Waals surface area contributed by atoms with E-state index in [1.54, 1.807) is 6.92 Å². The second-order valence-corrected chi connectivity index (χ2v) is 7.07. The van der Waals surface area contributed by atoms with Crippen molar-refractivity contribution in [2.75, 3.05) is 20.1 Å². The van der Waals surface area contributed by atoms with Crippen molar-refractivity contribution in [2.45, 2.75) is 25.2 Å². The van der Waals surface area contributed by atoms with Gasteiger partial charge in [-0.15, -0.1) is 0 Å². The van der Waals surface area contributed by atoms with Crippen molar-refractivity contribution in [1.29, 1.82) is 0 Å². The molecule has 2 aromatic rings. The molecule has 22 heavy (non-hydrogen) atoms. The molecule has 0 aliphatic carbocycles. The van der Waals surface area contributed by atoms with Gasteiger partial charge in [-0.25, -0.2) is 4.98 Å². The quantitative estimate of drug-likeness (QED) is 0.909. The van der Waals surface area contributed by atoms with Gasteiger partial charge in [0.2, 0.25) is 0 Å². The van der Waals surface area contributed by atoms with Gasteiger partial charge in [-0.3, -0.25) is 4.79 Å². The lowest BCUT2D eigenvalue weighted by molar-refractivity contribution is -0.116. The Morgan fingerprint density at radius 1 is 1.32 bits per heavy atom. The highest BCUT2D eigenvalue weighted by atomic mass is 79.9. The number of carbonyl (C=O) groups excluding carboxylic acids is 1. The molecule has 2 heterocycles. The minimum absolute atomic E-state index is 0.133. The number of likely N-dealkylation sites (tertiary alicyclic amines) is 1. The molecule has 1 saturated heterocycles. The number of benzene rings is 1. The van der Waals surface area contributed by atoms with Crippen LogP contribution in [0.2, 0.25) is 0 Å². The first-order chi connectivity index (χ1) is 10.5. The third-order valence-electron chi connectivity index (χ3n) is 4.26. The highest BCUT2D eigenvalue weighted by Crippen LogP contribution is 2.38. The summed E-state index contributed by atoms with van der Waals surface area (Å²) in [5.74, 6) is 1.74. The van der Waals surface area contributed by atoms with Crippen LogP contribution in [-0.4, -0.2) is 40.8 Å². The van der Waals surface area contributed by atoms with E-state index in [0.29, 0.717) is 18.3 Å². The van der Waals surface area contributed by atoms with Crippen LogP contribution >= 0.6 is 15.9 Å². The SMILES string of the molecule is CC(=O)Cc1ncc([C@H]2CN(C)C[C@@H]2c2ccc(Br)cc2)[nH]1. The first-order valence-corrected chi connectivity index (χ1v) is 8.29. The molecule has 1 aromatic carbocycles. The normalized spacial score (nSPS) is 22.1. The van der Waals surface area contributed by atoms with E-state index in [4.69, 9.17) is 0 Å². The molecule has 3 rings (SSSR count). The summed E-state index contributed by atoms with van der Waals surface area (Å²) in [6.07, 6.45) is 2.28. The Labute approximate surface area is 139 Å². The molecule has 0 unspecified atom stereocenters. The van der Waals surface area contributed by atoms with Crippen molar-refractivity contribution in [2.24, 2.45) is 0 Å². The smallest absolute Gasteiger partial charge is 0.137 e. The van der Waals surface area contributed by atoms with Gasteiger partial charge in [0, 0.05) is 41.3 Å². The van der Waals surface area contributed by atoms with Gasteiger partial charge in [0.25, 0.3) is 0 Å². The number of hydrogen-bond acceptors (Lipinski definition) is 3. The van der Waals surface area contributed by atoms with Crippen LogP contribution in [0.5, 0.6) is 0 Å². The van der Waals surface area contributed by atoms with E-state index in [-0.39, 0.29) is 5.78 Å². The molecule has 5 heteroatoms. The predicted molar refractivity (Wildman–Crippen MR) is 90.1 cm³/mol. The predicted octanol–water partition coefficient (Wildman–Crippen LogP) is 3.12. The van der Waals surface area contributed by atoms with Crippen LogP contribution in [0.4, 0.5) is 0 Å². The number of aromatic amines is 1. The lowest BCUT2D eigenvalue weighted by Crippen LogP contribution is -2.13. The fourth-order valence-electron chi connectivity index (χ4n) is 3.26. The maximum atomic E-state index is 11.2. The second-order valence-electron chi connectivity index (χ2n) is 6.15. The number of imidazole rings is 1. The Bertz CT molecular complexity index is 665. The molecular weight excluding hydrogens is 342 g/mol. The van der Waals surface area contributed by atoms with Crippen LogP contribution < -0.4 is 0 Å². The van der Waals surface area contributed by atoms with Gasteiger partial charge in [-0.2, -0.15) is 0 Å². The molecule has 4 nitrogen and oxygen atoms in total. The minimum atomic E-state index is 0.133. The van der Waals surface area contributed by atoms with Gasteiger partial charge < -0.3 is 9.88 Å². The molecule has 1 aliphatic rings. The Kier molecular flexibility index (Phi) is 4.45. The van der Waals surface area contributed by atoms with Crippen LogP contribution in [0.1, 0.15) is 35.8 Å². The Hall–Kier alpha value is -1.46. The van der Waals surface area contributed by atoms with Crippen molar-refractivity contribution in [3.8, 4) is 0 Å². The van der Waals surface area contributed by atoms with Gasteiger partial charge in [-0.1, -0.05) is 28.1 Å². The van der Waals surface area contributed by atoms with Gasteiger partial charge in [0.1, 0.15) is 11.6 Å². The van der Waals surface area contributed by atoms with E-state index in [0.717, 1.165) is 29.1 Å². The zero-order valence-electron chi connectivity index (χ0n) is 12.8. The summed E-state index contributed by atoms with van der Waals surface area (Å²) in [5.41, 5.74) is 2.48. The van der Waals surface area contributed by atoms with Crippen molar-refractivity contribution < 1.29 is 4.79 Å². The summed E-state index contributed by atoms with van der Waals surface area (Å²) < 4.78 is 1.10. The van der Waals surface area contributed by atoms with Crippen LogP contribution in [0, 0.1) is 0 Å². The standard InChI is InChI=1S/C17H20BrN3O/c1-11(22)7-17-19-8-16(20-17)15-10-21(2)9-14(15)12-3-5-13(18)6-4-12/h3-6,8,14-15H,7,9-10H2,1-2H3,(H,19,20)/t14-,15+/m1/s1. The number of rotatable bonds is 4. The monoisotopic (exact) mass is 361 g/mol. The molecule has 1 N–H and O–H groups in total. The number of carbonyl (C=O) groups is 1. The van der Waals surface area contributed by atoms with Crippen LogP contribution in [-0.2, 0) is 11.2 Å². The Balaban J connectivity index is 1.85. The van der Waals surface area contributed by atoms with Crippen molar-refractivity contribution in [3.05, 3.63) is 52.0 Å². The molecule has 0 saturated carbocycles. The van der Waals surface area contributed by atoms with E-state index < -0.39 is 0 Å². The average molecular weight is 362 g/mol. The van der Waals surface area contributed by atoms with E-state index in [9.17, 15) is 4.79 Å². The van der Waals surface area contributed by atoms with Crippen molar-refractivity contribution in [1.82, 2.24) is 14.9 Å². The number of nitrogens with one attached hydrogen (secondary N) is 1. The van der Waals surface area contributed by atoms with Crippen LogP contribution in [0.25, 0.3) is 0 Å². The maximum Gasteiger partial charge on any atom is 0.137 e. The second kappa shape index (κ2) is 6.34. The van der Waals surface area contributed by atoms with Gasteiger partial charge >= 0.3 is 0 Å². The lowest BCUT2D eigenvalue weighted by atomic mass is 9.87. The zero-order valence-corrected chi connectivity index (χ0v) is 14.4. The van der Waals surface area contributed by atoms with Crippen LogP contribution in [0.15, 0.2) is 34.9 Å². The van der Waals surface area contributed by atoms with Crippen LogP contribution in [0.3, 0.4) is 0 Å². The number of ketones is 1. The van der Waals surface area contributed by atoms with E-state index in [1.165, 1.54) is 5.56 Å². The van der Waals surface area contributed by atoms with Gasteiger partial charge in [-0.05, 0) is 31.7 Å². The summed E-state index contributed by atoms with van der Waals surface area (Å²) in [4.78, 5) is 21.3. The Morgan fingerprint density at radius 3 is 2.68 bits per heavy atom. The number of aromatic nitrogens is 2. The molecule has 1 aromatic heterocycles. The number of H-pyrrole nitrogens is 1. The summed E-state index contributed by atoms with van der Waals surface area (Å²) >= 11 is 3.49. The first-order valence-electron chi connectivity index (χ1n) is 7.50. The molecule has 2 atom stereocenters. The topological polar surface area (TPSA) is 49.0 Å². The number of likely N-dealkylation sites (N-methyl/N-ethyl adjacent to an activating group) is 1. The van der Waals surface area contributed by atoms with Crippen molar-refractivity contribution >= 4 is 21.7 Å². The molecule has 0 amide bonds. The molecule has 0 radical (unpaired) electrons. The van der Waals surface area contributed by atoms with Gasteiger partial charge in [0.15, 0.2) is 0 Å². The molecule has 0 spiro atoms. The largest absolute Gasteiger partial charge is 0.345 e. The van der Waals surface area contributed by atoms with E-state index in [2.05, 4.69) is 62.1 Å². The summed E-state index contributed by atoms with van der Waals surface area (Å²) in [5, 5.41) is 0. The number of nitrogens with zero attached hydrogens (tertiary/aromatic N) is 2. The first kappa shape index (κ1) is 15.4. The van der Waals surface area contributed by atoms with E-state index >= 15 is 0 Å². The number of halogens is 1. The van der Waals surface area contributed by atoms with Crippen molar-refractivity contribution in [3.63, 3.8) is 0 Å². The number of hydrogen-bond donors (Lipinski definition) is 1. The summed E-state index contributed by atoms with van der Waals surface area (Å²) in [6.45, 7) is 3.63. The minimum Gasteiger partial charge on any atom is -0.345 e. The zero-order chi connectivity index (χ0) is 15.7. The molecular formula is C17H20BrN3O. The maximum absolute atomic E-state index is 11.2. The molecule has 116 valence electrons. The third-order valence-corrected chi connectivity index (χ3v) is 4.79. The highest BCUT2D eigenvalue weighted by molar-refractivity contribution is 9.10. The summed E-state index contributed by atoms with van der Waals surface area (Å²) in [6, 6.07) is 8.57. The Morgan fingerprint density at radius 2 is 2.00 bits per heavy atom. The highest BCUT2D eigenvalue weighted by Gasteiger charge is 2.34. The van der Waals surface area contributed by atoms with Gasteiger partial charge in [0.05, 0.1) is 6.42 Å². The average Bonchev–Trinajstić information content (AvgIpc) is 3.05. The molecule has 1 aliphatic heterocycles. The fourth-order valence-corrected chi connectivity index (χ4v) is 3.52. The molecule has 1 fully saturated rings. The third kappa shape index (κ3) is 3.31. The fraction of sp³-hybridized carbons (Fsp3) is 0.412. The summed E-state index contributed by atoms with van der Waals surface area (Å²) in [7, 11) is 2.15. The van der Waals surface area contributed by atoms with E-state index in [1.807, 2.05) is 6.20 Å².